The van der Waals surface area contributed by atoms with Crippen LogP contribution in [0.3, 0.4) is 0 Å². The van der Waals surface area contributed by atoms with Gasteiger partial charge in [-0.15, -0.1) is 0 Å². The molecule has 2 aromatic rings. The Morgan fingerprint density at radius 1 is 1.13 bits per heavy atom. The molecule has 0 aromatic carbocycles. The normalized spacial score (nSPS) is 19.7. The van der Waals surface area contributed by atoms with Crippen molar-refractivity contribution in [1.29, 1.82) is 5.41 Å². The van der Waals surface area contributed by atoms with Crippen molar-refractivity contribution in [1.82, 2.24) is 19.9 Å². The summed E-state index contributed by atoms with van der Waals surface area (Å²) in [6.45, 7) is -0.0911. The van der Waals surface area contributed by atoms with E-state index in [9.17, 15) is 31.5 Å². The Labute approximate surface area is 219 Å². The molecule has 1 spiro atoms. The number of alkyl halides is 5. The molecule has 2 aromatic heterocycles. The number of pyridine rings is 1. The van der Waals surface area contributed by atoms with E-state index in [1.807, 2.05) is 4.90 Å². The van der Waals surface area contributed by atoms with Gasteiger partial charge in [0.1, 0.15) is 22.7 Å². The van der Waals surface area contributed by atoms with Crippen LogP contribution in [0.15, 0.2) is 24.5 Å². The number of imide groups is 1. The van der Waals surface area contributed by atoms with E-state index in [1.54, 1.807) is 4.90 Å². The molecule has 10 nitrogen and oxygen atoms in total. The van der Waals surface area contributed by atoms with Gasteiger partial charge in [0.15, 0.2) is 5.82 Å². The lowest BCUT2D eigenvalue weighted by atomic mass is 9.81. The molecule has 3 amide bonds. The number of hydrogen-bond donors (Lipinski definition) is 2. The minimum absolute atomic E-state index is 0.0236. The number of carbonyl (C=O) groups excluding carboxylic acids is 2. The second-order valence-corrected chi connectivity index (χ2v) is 9.67. The second kappa shape index (κ2) is 10.0. The van der Waals surface area contributed by atoms with Gasteiger partial charge in [-0.25, -0.2) is 33.4 Å². The molecule has 2 saturated heterocycles. The van der Waals surface area contributed by atoms with Crippen LogP contribution in [0.2, 0.25) is 0 Å². The SMILES string of the molecule is N=Cc1ncc(N2CCC3(CC2)C(=O)N(c2ccc(C(F)(F)F)nc2)C(=O)N3C2CCC2)nc1NCC(F)F. The third-order valence-corrected chi connectivity index (χ3v) is 7.46. The molecule has 1 aliphatic carbocycles. The lowest BCUT2D eigenvalue weighted by Crippen LogP contribution is -2.60. The Hall–Kier alpha value is -3.91. The van der Waals surface area contributed by atoms with Crippen LogP contribution < -0.4 is 15.1 Å². The number of piperidine rings is 1. The molecule has 3 fully saturated rings. The average molecular weight is 553 g/mol. The van der Waals surface area contributed by atoms with Gasteiger partial charge in [-0.05, 0) is 44.2 Å². The first-order chi connectivity index (χ1) is 18.5. The summed E-state index contributed by atoms with van der Waals surface area (Å²) in [7, 11) is 0. The van der Waals surface area contributed by atoms with Crippen LogP contribution in [-0.2, 0) is 11.0 Å². The van der Waals surface area contributed by atoms with E-state index < -0.39 is 42.3 Å². The number of halogens is 5. The van der Waals surface area contributed by atoms with E-state index in [0.29, 0.717) is 5.82 Å². The molecule has 5 rings (SSSR count). The van der Waals surface area contributed by atoms with Gasteiger partial charge in [-0.2, -0.15) is 13.2 Å². The first-order valence-corrected chi connectivity index (χ1v) is 12.4. The van der Waals surface area contributed by atoms with E-state index in [0.717, 1.165) is 48.7 Å². The van der Waals surface area contributed by atoms with Gasteiger partial charge < -0.3 is 20.5 Å². The van der Waals surface area contributed by atoms with Crippen molar-refractivity contribution in [3.63, 3.8) is 0 Å². The highest BCUT2D eigenvalue weighted by Crippen LogP contribution is 2.45. The predicted molar refractivity (Wildman–Crippen MR) is 130 cm³/mol. The third-order valence-electron chi connectivity index (χ3n) is 7.46. The minimum Gasteiger partial charge on any atom is -0.362 e. The summed E-state index contributed by atoms with van der Waals surface area (Å²) >= 11 is 0. The largest absolute Gasteiger partial charge is 0.433 e. The van der Waals surface area contributed by atoms with Crippen molar-refractivity contribution in [3.8, 4) is 0 Å². The number of rotatable bonds is 7. The molecule has 2 N–H and O–H groups in total. The predicted octanol–water partition coefficient (Wildman–Crippen LogP) is 3.93. The maximum Gasteiger partial charge on any atom is 0.433 e. The first-order valence-electron chi connectivity index (χ1n) is 12.4. The van der Waals surface area contributed by atoms with Crippen LogP contribution in [0.4, 0.5) is 44.1 Å². The molecule has 3 aliphatic rings. The van der Waals surface area contributed by atoms with Gasteiger partial charge in [0.2, 0.25) is 0 Å². The van der Waals surface area contributed by atoms with Crippen LogP contribution in [0.5, 0.6) is 0 Å². The molecule has 0 unspecified atom stereocenters. The minimum atomic E-state index is -4.65. The maximum atomic E-state index is 13.8. The number of urea groups is 1. The number of aromatic nitrogens is 3. The molecule has 15 heteroatoms. The molecule has 2 aliphatic heterocycles. The standard InChI is InChI=1S/C24H25F5N8O2/c25-18(26)12-33-20-16(10-30)31-13-19(34-20)35-8-6-23(7-9-35)21(38)36(22(39)37(23)14-2-1-3-14)15-4-5-17(32-11-15)24(27,28)29/h4-5,10-11,13-14,18,30H,1-3,6-9,12H2,(H,33,34). The van der Waals surface area contributed by atoms with Crippen LogP contribution in [0, 0.1) is 5.41 Å². The van der Waals surface area contributed by atoms with E-state index in [-0.39, 0.29) is 49.2 Å². The second-order valence-electron chi connectivity index (χ2n) is 9.67. The van der Waals surface area contributed by atoms with Gasteiger partial charge in [0.05, 0.1) is 24.6 Å². The lowest BCUT2D eigenvalue weighted by molar-refractivity contribution is -0.141. The van der Waals surface area contributed by atoms with Crippen LogP contribution >= 0.6 is 0 Å². The summed E-state index contributed by atoms with van der Waals surface area (Å²) in [6, 6.07) is 1.09. The highest BCUT2D eigenvalue weighted by atomic mass is 19.4. The van der Waals surface area contributed by atoms with Crippen molar-refractivity contribution in [2.24, 2.45) is 0 Å². The van der Waals surface area contributed by atoms with Gasteiger partial charge in [-0.3, -0.25) is 4.79 Å². The molecular weight excluding hydrogens is 527 g/mol. The molecule has 0 bridgehead atoms. The Morgan fingerprint density at radius 3 is 2.38 bits per heavy atom. The van der Waals surface area contributed by atoms with E-state index in [1.165, 1.54) is 6.20 Å². The van der Waals surface area contributed by atoms with Crippen molar-refractivity contribution in [2.75, 3.05) is 34.8 Å². The molecule has 39 heavy (non-hydrogen) atoms. The number of anilines is 3. The highest BCUT2D eigenvalue weighted by molar-refractivity contribution is 6.23. The van der Waals surface area contributed by atoms with Crippen molar-refractivity contribution >= 4 is 35.5 Å². The fourth-order valence-corrected chi connectivity index (χ4v) is 5.26. The fraction of sp³-hybridized carbons (Fsp3) is 0.500. The fourth-order valence-electron chi connectivity index (χ4n) is 5.26. The molecule has 208 valence electrons. The Kier molecular flexibility index (Phi) is 6.84. The average Bonchev–Trinajstić information content (AvgIpc) is 3.07. The van der Waals surface area contributed by atoms with Gasteiger partial charge in [0.25, 0.3) is 12.3 Å². The zero-order valence-electron chi connectivity index (χ0n) is 20.6. The van der Waals surface area contributed by atoms with E-state index in [2.05, 4.69) is 20.3 Å². The number of amides is 3. The number of hydrogen-bond acceptors (Lipinski definition) is 8. The monoisotopic (exact) mass is 552 g/mol. The number of nitrogens with zero attached hydrogens (tertiary/aromatic N) is 6. The van der Waals surface area contributed by atoms with Crippen molar-refractivity contribution in [2.45, 2.75) is 56.3 Å². The van der Waals surface area contributed by atoms with Crippen molar-refractivity contribution in [3.05, 3.63) is 35.9 Å². The molecular formula is C24H25F5N8O2. The lowest BCUT2D eigenvalue weighted by Gasteiger charge is -2.47. The summed E-state index contributed by atoms with van der Waals surface area (Å²) in [5, 5.41) is 9.93. The third kappa shape index (κ3) is 4.74. The first kappa shape index (κ1) is 26.7. The maximum absolute atomic E-state index is 13.8. The van der Waals surface area contributed by atoms with E-state index >= 15 is 0 Å². The Balaban J connectivity index is 1.39. The molecule has 4 heterocycles. The highest BCUT2D eigenvalue weighted by Gasteiger charge is 2.61. The summed E-state index contributed by atoms with van der Waals surface area (Å²) in [4.78, 5) is 43.6. The molecule has 0 atom stereocenters. The van der Waals surface area contributed by atoms with E-state index in [4.69, 9.17) is 5.41 Å². The van der Waals surface area contributed by atoms with Crippen LogP contribution in [0.25, 0.3) is 0 Å². The van der Waals surface area contributed by atoms with Gasteiger partial charge in [0, 0.05) is 25.3 Å². The number of nitrogens with one attached hydrogen (secondary N) is 2. The Bertz CT molecular complexity index is 1260. The van der Waals surface area contributed by atoms with Gasteiger partial charge in [-0.1, -0.05) is 0 Å². The molecule has 0 radical (unpaired) electrons. The summed E-state index contributed by atoms with van der Waals surface area (Å²) in [5.41, 5.74) is -2.23. The topological polar surface area (TPSA) is 118 Å². The van der Waals surface area contributed by atoms with Crippen molar-refractivity contribution < 1.29 is 31.5 Å². The summed E-state index contributed by atoms with van der Waals surface area (Å²) < 4.78 is 64.4. The zero-order chi connectivity index (χ0) is 27.9. The van der Waals surface area contributed by atoms with Crippen LogP contribution in [0.1, 0.15) is 43.5 Å². The summed E-state index contributed by atoms with van der Waals surface area (Å²) in [6.07, 6.45) is -1.28. The Morgan fingerprint density at radius 2 is 1.85 bits per heavy atom. The quantitative estimate of drug-likeness (QED) is 0.304. The number of carbonyl (C=O) groups is 2. The van der Waals surface area contributed by atoms with Gasteiger partial charge >= 0.3 is 12.2 Å². The van der Waals surface area contributed by atoms with Crippen LogP contribution in [-0.4, -0.2) is 75.6 Å². The zero-order valence-corrected chi connectivity index (χ0v) is 20.6. The summed E-state index contributed by atoms with van der Waals surface area (Å²) in [5.74, 6) is -0.111. The smallest absolute Gasteiger partial charge is 0.362 e. The molecule has 1 saturated carbocycles.